The molecular weight excluding hydrogens is 339 g/mol. The molecule has 0 amide bonds. The Kier molecular flexibility index (Phi) is 5.96. The summed E-state index contributed by atoms with van der Waals surface area (Å²) in [6, 6.07) is 10.5. The first-order valence-electron chi connectivity index (χ1n) is 6.64. The summed E-state index contributed by atoms with van der Waals surface area (Å²) in [7, 11) is 4.70. The van der Waals surface area contributed by atoms with Gasteiger partial charge in [-0.05, 0) is 30.3 Å². The highest BCUT2D eigenvalue weighted by Crippen LogP contribution is 2.29. The van der Waals surface area contributed by atoms with Gasteiger partial charge >= 0.3 is 0 Å². The molecule has 0 bridgehead atoms. The molecule has 122 valence electrons. The maximum Gasteiger partial charge on any atom is 0.161 e. The van der Waals surface area contributed by atoms with E-state index in [-0.39, 0.29) is 5.17 Å². The maximum absolute atomic E-state index is 6.21. The third kappa shape index (κ3) is 4.21. The van der Waals surface area contributed by atoms with E-state index in [0.717, 1.165) is 0 Å². The Morgan fingerprint density at radius 3 is 2.30 bits per heavy atom. The Morgan fingerprint density at radius 1 is 0.957 bits per heavy atom. The van der Waals surface area contributed by atoms with Crippen molar-refractivity contribution in [1.29, 1.82) is 0 Å². The summed E-state index contributed by atoms with van der Waals surface area (Å²) < 4.78 is 15.5. The topological polar surface area (TPSA) is 52.1 Å². The number of nitrogens with zero attached hydrogens (tertiary/aromatic N) is 1. The quantitative estimate of drug-likeness (QED) is 0.617. The van der Waals surface area contributed by atoms with Gasteiger partial charge in [-0.2, -0.15) is 5.10 Å². The molecule has 0 aromatic heterocycles. The van der Waals surface area contributed by atoms with E-state index >= 15 is 0 Å². The smallest absolute Gasteiger partial charge is 0.161 e. The lowest BCUT2D eigenvalue weighted by Gasteiger charge is -2.09. The first-order valence-corrected chi connectivity index (χ1v) is 7.39. The van der Waals surface area contributed by atoms with Crippen LogP contribution >= 0.6 is 23.2 Å². The molecule has 0 aliphatic rings. The van der Waals surface area contributed by atoms with E-state index in [2.05, 4.69) is 10.5 Å². The minimum absolute atomic E-state index is 0.262. The third-order valence-corrected chi connectivity index (χ3v) is 3.69. The van der Waals surface area contributed by atoms with Crippen molar-refractivity contribution in [2.75, 3.05) is 26.8 Å². The van der Waals surface area contributed by atoms with Crippen LogP contribution in [-0.2, 0) is 0 Å². The molecule has 1 N–H and O–H groups in total. The summed E-state index contributed by atoms with van der Waals surface area (Å²) in [5.74, 6) is 1.85. The van der Waals surface area contributed by atoms with Crippen molar-refractivity contribution >= 4 is 34.1 Å². The average molecular weight is 355 g/mol. The first-order chi connectivity index (χ1) is 11.1. The molecule has 0 spiro atoms. The third-order valence-electron chi connectivity index (χ3n) is 3.07. The van der Waals surface area contributed by atoms with Crippen LogP contribution in [0.25, 0.3) is 0 Å². The highest BCUT2D eigenvalue weighted by atomic mass is 35.5. The Morgan fingerprint density at radius 2 is 1.70 bits per heavy atom. The van der Waals surface area contributed by atoms with Crippen molar-refractivity contribution in [2.24, 2.45) is 5.10 Å². The second-order valence-electron chi connectivity index (χ2n) is 4.43. The summed E-state index contributed by atoms with van der Waals surface area (Å²) >= 11 is 12.3. The zero-order valence-electron chi connectivity index (χ0n) is 12.9. The molecule has 7 heteroatoms. The van der Waals surface area contributed by atoms with Crippen LogP contribution in [0, 0.1) is 0 Å². The molecule has 23 heavy (non-hydrogen) atoms. The van der Waals surface area contributed by atoms with Crippen molar-refractivity contribution in [3.05, 3.63) is 47.0 Å². The van der Waals surface area contributed by atoms with Crippen LogP contribution in [0.4, 0.5) is 5.69 Å². The number of anilines is 1. The van der Waals surface area contributed by atoms with E-state index in [0.29, 0.717) is 33.5 Å². The number of nitrogens with one attached hydrogen (secondary N) is 1. The van der Waals surface area contributed by atoms with Crippen molar-refractivity contribution in [3.63, 3.8) is 0 Å². The molecule has 0 aliphatic carbocycles. The second kappa shape index (κ2) is 7.94. The Labute approximate surface area is 144 Å². The fraction of sp³-hybridized carbons (Fsp3) is 0.188. The zero-order valence-corrected chi connectivity index (χ0v) is 14.4. The second-order valence-corrected chi connectivity index (χ2v) is 5.20. The van der Waals surface area contributed by atoms with Crippen molar-refractivity contribution in [1.82, 2.24) is 0 Å². The number of ether oxygens (including phenoxy) is 3. The summed E-state index contributed by atoms with van der Waals surface area (Å²) in [5.41, 5.74) is 4.12. The lowest BCUT2D eigenvalue weighted by molar-refractivity contribution is 0.355. The molecule has 0 atom stereocenters. The van der Waals surface area contributed by atoms with Gasteiger partial charge in [-0.3, -0.25) is 5.43 Å². The fourth-order valence-electron chi connectivity index (χ4n) is 1.85. The number of hydrogen-bond acceptors (Lipinski definition) is 5. The molecule has 2 aromatic rings. The fourth-order valence-corrected chi connectivity index (χ4v) is 2.22. The minimum Gasteiger partial charge on any atom is -0.497 e. The number of methoxy groups -OCH3 is 3. The molecule has 0 saturated carbocycles. The van der Waals surface area contributed by atoms with Gasteiger partial charge in [-0.1, -0.05) is 23.2 Å². The highest BCUT2D eigenvalue weighted by molar-refractivity contribution is 6.69. The Bertz CT molecular complexity index is 720. The molecule has 2 rings (SSSR count). The van der Waals surface area contributed by atoms with Gasteiger partial charge in [-0.15, -0.1) is 0 Å². The summed E-state index contributed by atoms with van der Waals surface area (Å²) in [4.78, 5) is 0. The van der Waals surface area contributed by atoms with Gasteiger partial charge in [0.1, 0.15) is 5.75 Å². The number of hydrazone groups is 1. The van der Waals surface area contributed by atoms with E-state index in [1.165, 1.54) is 0 Å². The van der Waals surface area contributed by atoms with Crippen LogP contribution in [0.15, 0.2) is 41.5 Å². The molecule has 2 aromatic carbocycles. The zero-order chi connectivity index (χ0) is 16.8. The van der Waals surface area contributed by atoms with Crippen LogP contribution < -0.4 is 19.6 Å². The van der Waals surface area contributed by atoms with Gasteiger partial charge in [0.25, 0.3) is 0 Å². The number of rotatable bonds is 6. The predicted molar refractivity (Wildman–Crippen MR) is 93.6 cm³/mol. The molecular formula is C16H16Cl2N2O3. The van der Waals surface area contributed by atoms with E-state index in [9.17, 15) is 0 Å². The summed E-state index contributed by atoms with van der Waals surface area (Å²) in [5, 5.41) is 4.86. The van der Waals surface area contributed by atoms with Crippen LogP contribution in [0.1, 0.15) is 5.56 Å². The SMILES string of the molecule is COc1ccc(N/N=C(\Cl)c2ccc(OC)c(OC)c2)c(Cl)c1. The normalized spacial score (nSPS) is 11.1. The van der Waals surface area contributed by atoms with Gasteiger partial charge in [-0.25, -0.2) is 0 Å². The van der Waals surface area contributed by atoms with Gasteiger partial charge in [0, 0.05) is 11.6 Å². The van der Waals surface area contributed by atoms with Crippen LogP contribution in [0.5, 0.6) is 17.2 Å². The largest absolute Gasteiger partial charge is 0.497 e. The molecule has 0 unspecified atom stereocenters. The van der Waals surface area contributed by atoms with E-state index < -0.39 is 0 Å². The van der Waals surface area contributed by atoms with Gasteiger partial charge in [0.05, 0.1) is 32.0 Å². The van der Waals surface area contributed by atoms with Crippen molar-refractivity contribution in [2.45, 2.75) is 0 Å². The highest BCUT2D eigenvalue weighted by Gasteiger charge is 2.08. The van der Waals surface area contributed by atoms with Gasteiger partial charge in [0.2, 0.25) is 0 Å². The number of benzene rings is 2. The lowest BCUT2D eigenvalue weighted by atomic mass is 10.2. The van der Waals surface area contributed by atoms with Crippen LogP contribution in [0.2, 0.25) is 5.02 Å². The average Bonchev–Trinajstić information content (AvgIpc) is 2.59. The predicted octanol–water partition coefficient (Wildman–Crippen LogP) is 4.38. The first kappa shape index (κ1) is 17.2. The van der Waals surface area contributed by atoms with E-state index in [1.807, 2.05) is 0 Å². The van der Waals surface area contributed by atoms with Gasteiger partial charge < -0.3 is 14.2 Å². The van der Waals surface area contributed by atoms with Crippen molar-refractivity contribution < 1.29 is 14.2 Å². The van der Waals surface area contributed by atoms with Gasteiger partial charge in [0.15, 0.2) is 16.7 Å². The minimum atomic E-state index is 0.262. The summed E-state index contributed by atoms with van der Waals surface area (Å²) in [6.45, 7) is 0. The van der Waals surface area contributed by atoms with Crippen molar-refractivity contribution in [3.8, 4) is 17.2 Å². The Hall–Kier alpha value is -2.11. The van der Waals surface area contributed by atoms with E-state index in [1.54, 1.807) is 57.7 Å². The molecule has 0 heterocycles. The van der Waals surface area contributed by atoms with Crippen LogP contribution in [0.3, 0.4) is 0 Å². The number of hydrogen-bond donors (Lipinski definition) is 1. The molecule has 0 aliphatic heterocycles. The lowest BCUT2D eigenvalue weighted by Crippen LogP contribution is -1.99. The molecule has 0 fully saturated rings. The molecule has 0 saturated heterocycles. The monoisotopic (exact) mass is 354 g/mol. The molecule has 5 nitrogen and oxygen atoms in total. The van der Waals surface area contributed by atoms with E-state index in [4.69, 9.17) is 37.4 Å². The Balaban J connectivity index is 2.20. The standard InChI is InChI=1S/C16H16Cl2N2O3/c1-21-11-5-6-13(12(17)9-11)19-20-16(18)10-4-7-14(22-2)15(8-10)23-3/h4-9,19H,1-3H3/b20-16-. The molecule has 0 radical (unpaired) electrons. The van der Waals surface area contributed by atoms with Crippen LogP contribution in [-0.4, -0.2) is 26.5 Å². The summed E-state index contributed by atoms with van der Waals surface area (Å²) in [6.07, 6.45) is 0. The maximum atomic E-state index is 6.21. The number of halogens is 2.